The Morgan fingerprint density at radius 3 is 2.05 bits per heavy atom. The lowest BCUT2D eigenvalue weighted by Gasteiger charge is -2.15. The zero-order valence-corrected chi connectivity index (χ0v) is 24.7. The minimum Gasteiger partial charge on any atom is -0.462 e. The highest BCUT2D eigenvalue weighted by Gasteiger charge is 2.15. The Hall–Kier alpha value is -2.18. The van der Waals surface area contributed by atoms with Crippen molar-refractivity contribution in [1.29, 1.82) is 0 Å². The Balaban J connectivity index is 3.81. The van der Waals surface area contributed by atoms with Crippen LogP contribution in [0, 0.1) is 0 Å². The molecule has 0 spiro atoms. The lowest BCUT2D eigenvalue weighted by atomic mass is 10.1. The van der Waals surface area contributed by atoms with Gasteiger partial charge in [0.1, 0.15) is 6.61 Å². The van der Waals surface area contributed by atoms with Crippen LogP contribution in [0.5, 0.6) is 0 Å². The summed E-state index contributed by atoms with van der Waals surface area (Å²) in [4.78, 5) is 23.9. The Bertz CT molecular complexity index is 694. The minimum atomic E-state index is -0.809. The van der Waals surface area contributed by atoms with E-state index < -0.39 is 6.10 Å². The summed E-state index contributed by atoms with van der Waals surface area (Å²) >= 11 is 0. The topological polar surface area (TPSA) is 93.1 Å². The van der Waals surface area contributed by atoms with Gasteiger partial charge in [0, 0.05) is 12.8 Å². The summed E-state index contributed by atoms with van der Waals surface area (Å²) in [5, 5.41) is 19.2. The van der Waals surface area contributed by atoms with Crippen molar-refractivity contribution >= 4 is 11.9 Å². The largest absolute Gasteiger partial charge is 0.462 e. The first-order valence-electron chi connectivity index (χ1n) is 15.3. The maximum Gasteiger partial charge on any atom is 0.306 e. The van der Waals surface area contributed by atoms with Crippen LogP contribution in [0.4, 0.5) is 0 Å². The Morgan fingerprint density at radius 2 is 1.33 bits per heavy atom. The lowest BCUT2D eigenvalue weighted by Crippen LogP contribution is -2.28. The maximum absolute atomic E-state index is 12.0. The number of carbonyl (C=O) groups is 2. The van der Waals surface area contributed by atoms with E-state index in [9.17, 15) is 19.8 Å². The smallest absolute Gasteiger partial charge is 0.306 e. The zero-order chi connectivity index (χ0) is 28.8. The molecule has 6 heteroatoms. The molecular formula is C33H56O6. The number of rotatable bonds is 26. The number of aliphatic hydroxyl groups excluding tert-OH is 2. The first kappa shape index (κ1) is 36.8. The number of hydrogen-bond acceptors (Lipinski definition) is 6. The third-order valence-electron chi connectivity index (χ3n) is 6.23. The van der Waals surface area contributed by atoms with Gasteiger partial charge in [-0.05, 0) is 38.5 Å². The second-order valence-corrected chi connectivity index (χ2v) is 10.0. The second kappa shape index (κ2) is 28.8. The molecule has 0 fully saturated rings. The fourth-order valence-corrected chi connectivity index (χ4v) is 3.83. The molecule has 6 nitrogen and oxygen atoms in total. The van der Waals surface area contributed by atoms with Crippen LogP contribution in [0.3, 0.4) is 0 Å². The van der Waals surface area contributed by atoms with Crippen LogP contribution in [-0.2, 0) is 19.1 Å². The van der Waals surface area contributed by atoms with E-state index in [0.717, 1.165) is 57.8 Å². The van der Waals surface area contributed by atoms with Crippen molar-refractivity contribution in [2.45, 2.75) is 135 Å². The van der Waals surface area contributed by atoms with Crippen LogP contribution >= 0.6 is 0 Å². The molecule has 0 amide bonds. The number of ether oxygens (including phenoxy) is 2. The van der Waals surface area contributed by atoms with Crippen LogP contribution in [0.2, 0.25) is 0 Å². The van der Waals surface area contributed by atoms with Crippen molar-refractivity contribution in [2.24, 2.45) is 0 Å². The van der Waals surface area contributed by atoms with Crippen molar-refractivity contribution in [1.82, 2.24) is 0 Å². The van der Waals surface area contributed by atoms with Gasteiger partial charge in [-0.1, -0.05) is 120 Å². The van der Waals surface area contributed by atoms with Gasteiger partial charge in [-0.15, -0.1) is 0 Å². The van der Waals surface area contributed by atoms with Crippen molar-refractivity contribution in [3.8, 4) is 0 Å². The molecule has 224 valence electrons. The Labute approximate surface area is 238 Å². The van der Waals surface area contributed by atoms with Crippen LogP contribution in [0.25, 0.3) is 0 Å². The number of esters is 2. The molecule has 2 atom stereocenters. The third kappa shape index (κ3) is 27.2. The molecule has 0 rings (SSSR count). The van der Waals surface area contributed by atoms with Crippen LogP contribution < -0.4 is 0 Å². The fourth-order valence-electron chi connectivity index (χ4n) is 3.83. The summed E-state index contributed by atoms with van der Waals surface area (Å²) in [5.74, 6) is -0.696. The van der Waals surface area contributed by atoms with Gasteiger partial charge in [0.2, 0.25) is 0 Å². The number of aliphatic hydroxyl groups is 2. The van der Waals surface area contributed by atoms with Gasteiger partial charge in [0.25, 0.3) is 0 Å². The van der Waals surface area contributed by atoms with E-state index in [1.54, 1.807) is 0 Å². The third-order valence-corrected chi connectivity index (χ3v) is 6.23. The summed E-state index contributed by atoms with van der Waals surface area (Å²) in [6.07, 6.45) is 30.8. The average Bonchev–Trinajstić information content (AvgIpc) is 2.93. The van der Waals surface area contributed by atoms with Crippen molar-refractivity contribution in [3.05, 3.63) is 48.6 Å². The summed E-state index contributed by atoms with van der Waals surface area (Å²) < 4.78 is 10.4. The summed E-state index contributed by atoms with van der Waals surface area (Å²) in [6.45, 7) is 3.88. The van der Waals surface area contributed by atoms with E-state index in [4.69, 9.17) is 9.47 Å². The van der Waals surface area contributed by atoms with Gasteiger partial charge in [-0.3, -0.25) is 9.59 Å². The summed E-state index contributed by atoms with van der Waals surface area (Å²) in [7, 11) is 0. The monoisotopic (exact) mass is 548 g/mol. The van der Waals surface area contributed by atoms with Gasteiger partial charge in [0.05, 0.1) is 12.7 Å². The predicted molar refractivity (Wildman–Crippen MR) is 160 cm³/mol. The number of hydrogen-bond donors (Lipinski definition) is 2. The van der Waals surface area contributed by atoms with Crippen LogP contribution in [-0.4, -0.2) is 47.6 Å². The average molecular weight is 549 g/mol. The predicted octanol–water partition coefficient (Wildman–Crippen LogP) is 7.69. The second-order valence-electron chi connectivity index (χ2n) is 10.0. The zero-order valence-electron chi connectivity index (χ0n) is 24.7. The molecular weight excluding hydrogens is 492 g/mol. The molecule has 0 bridgehead atoms. The fraction of sp³-hybridized carbons (Fsp3) is 0.697. The highest BCUT2D eigenvalue weighted by Crippen LogP contribution is 2.10. The molecule has 0 saturated heterocycles. The van der Waals surface area contributed by atoms with E-state index in [1.807, 2.05) is 24.3 Å². The molecule has 0 aromatic carbocycles. The van der Waals surface area contributed by atoms with E-state index in [2.05, 4.69) is 38.2 Å². The lowest BCUT2D eigenvalue weighted by molar-refractivity contribution is -0.161. The molecule has 39 heavy (non-hydrogen) atoms. The number of unbranched alkanes of at least 4 members (excludes halogenated alkanes) is 9. The molecule has 2 N–H and O–H groups in total. The molecule has 0 radical (unpaired) electrons. The van der Waals surface area contributed by atoms with Gasteiger partial charge in [0.15, 0.2) is 6.10 Å². The van der Waals surface area contributed by atoms with Crippen LogP contribution in [0.1, 0.15) is 123 Å². The minimum absolute atomic E-state index is 0.101. The molecule has 0 aliphatic heterocycles. The molecule has 0 aromatic rings. The standard InChI is InChI=1S/C33H56O6/c1-3-5-7-8-14-18-22-26-32(36)38-29-31(28-34)39-33(37)27-23-19-16-13-11-9-10-12-15-17-21-25-30(35)24-20-6-4-2/h9-10,13,15-17,21,25,30-31,34-35H,3-8,11-12,14,18-20,22-24,26-29H2,1-2H3/b10-9-,16-13-,17-15-,25-21+/t30-,31-/m0/s1. The molecule has 0 saturated carbocycles. The van der Waals surface area contributed by atoms with Gasteiger partial charge < -0.3 is 19.7 Å². The number of carbonyl (C=O) groups excluding carboxylic acids is 2. The van der Waals surface area contributed by atoms with Crippen molar-refractivity contribution in [2.75, 3.05) is 13.2 Å². The van der Waals surface area contributed by atoms with Crippen LogP contribution in [0.15, 0.2) is 48.6 Å². The Kier molecular flexibility index (Phi) is 27.2. The van der Waals surface area contributed by atoms with Gasteiger partial charge in [-0.25, -0.2) is 0 Å². The molecule has 0 unspecified atom stereocenters. The first-order valence-corrected chi connectivity index (χ1v) is 15.3. The normalized spacial score (nSPS) is 13.6. The van der Waals surface area contributed by atoms with E-state index in [-0.39, 0.29) is 37.7 Å². The van der Waals surface area contributed by atoms with E-state index in [1.165, 1.54) is 32.1 Å². The highest BCUT2D eigenvalue weighted by atomic mass is 16.6. The quantitative estimate of drug-likeness (QED) is 0.0498. The maximum atomic E-state index is 12.0. The van der Waals surface area contributed by atoms with E-state index >= 15 is 0 Å². The van der Waals surface area contributed by atoms with Gasteiger partial charge >= 0.3 is 11.9 Å². The SMILES string of the molecule is CCCCCCCCCC(=O)OC[C@H](CO)OC(=O)CCC/C=C\C/C=C\C/C=C\C=C\[C@@H](O)CCCCC. The van der Waals surface area contributed by atoms with E-state index in [0.29, 0.717) is 12.8 Å². The number of allylic oxidation sites excluding steroid dienone is 7. The van der Waals surface area contributed by atoms with Crippen molar-refractivity contribution in [3.63, 3.8) is 0 Å². The molecule has 0 aliphatic carbocycles. The Morgan fingerprint density at radius 1 is 0.718 bits per heavy atom. The summed E-state index contributed by atoms with van der Waals surface area (Å²) in [5.41, 5.74) is 0. The van der Waals surface area contributed by atoms with Gasteiger partial charge in [-0.2, -0.15) is 0 Å². The highest BCUT2D eigenvalue weighted by molar-refractivity contribution is 5.70. The molecule has 0 aromatic heterocycles. The molecule has 0 heterocycles. The summed E-state index contributed by atoms with van der Waals surface area (Å²) in [6, 6.07) is 0. The first-order chi connectivity index (χ1) is 19.0. The molecule has 0 aliphatic rings. The van der Waals surface area contributed by atoms with Crippen molar-refractivity contribution < 1.29 is 29.3 Å².